The molecule has 0 atom stereocenters. The van der Waals surface area contributed by atoms with Gasteiger partial charge in [0.1, 0.15) is 6.54 Å². The Kier molecular flexibility index (Phi) is 2.80. The monoisotopic (exact) mass is 251 g/mol. The first-order valence-corrected chi connectivity index (χ1v) is 6.10. The summed E-state index contributed by atoms with van der Waals surface area (Å²) in [5.41, 5.74) is 3.25. The Balaban J connectivity index is 2.06. The predicted molar refractivity (Wildman–Crippen MR) is 75.0 cm³/mol. The van der Waals surface area contributed by atoms with Crippen molar-refractivity contribution in [3.05, 3.63) is 60.8 Å². The van der Waals surface area contributed by atoms with E-state index in [1.807, 2.05) is 42.6 Å². The van der Waals surface area contributed by atoms with Gasteiger partial charge in [-0.05, 0) is 29.3 Å². The van der Waals surface area contributed by atoms with Crippen LogP contribution in [0.3, 0.4) is 0 Å². The van der Waals surface area contributed by atoms with Crippen molar-refractivity contribution in [2.24, 2.45) is 0 Å². The van der Waals surface area contributed by atoms with E-state index in [9.17, 15) is 4.79 Å². The van der Waals surface area contributed by atoms with Crippen LogP contribution < -0.4 is 0 Å². The molecule has 0 aliphatic heterocycles. The third-order valence-corrected chi connectivity index (χ3v) is 3.18. The van der Waals surface area contributed by atoms with Gasteiger partial charge in [0, 0.05) is 17.1 Å². The summed E-state index contributed by atoms with van der Waals surface area (Å²) in [4.78, 5) is 10.8. The number of nitrogens with zero attached hydrogens (tertiary/aromatic N) is 1. The molecule has 0 aliphatic rings. The van der Waals surface area contributed by atoms with E-state index in [0.29, 0.717) is 0 Å². The van der Waals surface area contributed by atoms with Crippen LogP contribution in [0.15, 0.2) is 60.8 Å². The lowest BCUT2D eigenvalue weighted by Gasteiger charge is -2.04. The van der Waals surface area contributed by atoms with Crippen LogP contribution >= 0.6 is 0 Å². The maximum absolute atomic E-state index is 10.8. The zero-order chi connectivity index (χ0) is 13.2. The molecule has 0 aliphatic carbocycles. The molecule has 0 saturated heterocycles. The van der Waals surface area contributed by atoms with Crippen molar-refractivity contribution in [3.8, 4) is 11.1 Å². The molecular weight excluding hydrogens is 238 g/mol. The van der Waals surface area contributed by atoms with Crippen LogP contribution in [0.25, 0.3) is 22.0 Å². The summed E-state index contributed by atoms with van der Waals surface area (Å²) in [5, 5.41) is 9.91. The Morgan fingerprint density at radius 3 is 2.53 bits per heavy atom. The second-order valence-electron chi connectivity index (χ2n) is 4.48. The molecule has 3 nitrogen and oxygen atoms in total. The summed E-state index contributed by atoms with van der Waals surface area (Å²) in [6.07, 6.45) is 1.81. The van der Waals surface area contributed by atoms with Gasteiger partial charge in [0.2, 0.25) is 0 Å². The van der Waals surface area contributed by atoms with Crippen LogP contribution in [-0.2, 0) is 11.3 Å². The van der Waals surface area contributed by atoms with Crippen molar-refractivity contribution < 1.29 is 9.90 Å². The van der Waals surface area contributed by atoms with E-state index in [-0.39, 0.29) is 6.54 Å². The molecule has 19 heavy (non-hydrogen) atoms. The van der Waals surface area contributed by atoms with Gasteiger partial charge in [0.05, 0.1) is 0 Å². The standard InChI is InChI=1S/C16H13NO2/c18-16(19)11-17-9-8-14-10-13(6-7-15(14)17)12-4-2-1-3-5-12/h1-10H,11H2,(H,18,19). The van der Waals surface area contributed by atoms with E-state index in [2.05, 4.69) is 18.2 Å². The maximum Gasteiger partial charge on any atom is 0.323 e. The van der Waals surface area contributed by atoms with Gasteiger partial charge in [-0.25, -0.2) is 0 Å². The van der Waals surface area contributed by atoms with Crippen molar-refractivity contribution in [1.29, 1.82) is 0 Å². The van der Waals surface area contributed by atoms with Gasteiger partial charge in [-0.15, -0.1) is 0 Å². The van der Waals surface area contributed by atoms with Crippen molar-refractivity contribution in [3.63, 3.8) is 0 Å². The minimum atomic E-state index is -0.829. The Morgan fingerprint density at radius 1 is 1.00 bits per heavy atom. The molecule has 3 rings (SSSR count). The van der Waals surface area contributed by atoms with Crippen molar-refractivity contribution >= 4 is 16.9 Å². The Hall–Kier alpha value is -2.55. The Morgan fingerprint density at radius 2 is 1.79 bits per heavy atom. The molecule has 0 amide bonds. The molecule has 3 aromatic rings. The molecule has 1 aromatic heterocycles. The van der Waals surface area contributed by atoms with Crippen LogP contribution in [0, 0.1) is 0 Å². The highest BCUT2D eigenvalue weighted by Crippen LogP contribution is 2.25. The van der Waals surface area contributed by atoms with E-state index in [0.717, 1.165) is 22.0 Å². The van der Waals surface area contributed by atoms with E-state index in [4.69, 9.17) is 5.11 Å². The maximum atomic E-state index is 10.8. The average Bonchev–Trinajstić information content (AvgIpc) is 2.81. The Bertz CT molecular complexity index is 729. The number of carbonyl (C=O) groups is 1. The lowest BCUT2D eigenvalue weighted by molar-refractivity contribution is -0.137. The molecule has 0 saturated carbocycles. The fourth-order valence-electron chi connectivity index (χ4n) is 2.29. The second kappa shape index (κ2) is 4.61. The molecule has 1 N–H and O–H groups in total. The zero-order valence-corrected chi connectivity index (χ0v) is 10.3. The summed E-state index contributed by atoms with van der Waals surface area (Å²) in [7, 11) is 0. The zero-order valence-electron chi connectivity index (χ0n) is 10.3. The van der Waals surface area contributed by atoms with Gasteiger partial charge >= 0.3 is 5.97 Å². The number of fused-ring (bicyclic) bond motifs is 1. The third-order valence-electron chi connectivity index (χ3n) is 3.18. The van der Waals surface area contributed by atoms with Gasteiger partial charge in [0.25, 0.3) is 0 Å². The minimum absolute atomic E-state index is 0.00577. The van der Waals surface area contributed by atoms with Crippen LogP contribution in [0.5, 0.6) is 0 Å². The van der Waals surface area contributed by atoms with Crippen LogP contribution in [-0.4, -0.2) is 15.6 Å². The van der Waals surface area contributed by atoms with Gasteiger partial charge in [0.15, 0.2) is 0 Å². The summed E-state index contributed by atoms with van der Waals surface area (Å²) >= 11 is 0. The second-order valence-corrected chi connectivity index (χ2v) is 4.48. The lowest BCUT2D eigenvalue weighted by Crippen LogP contribution is -2.06. The highest BCUT2D eigenvalue weighted by Gasteiger charge is 2.06. The molecule has 0 fully saturated rings. The molecule has 1 heterocycles. The first-order chi connectivity index (χ1) is 9.24. The lowest BCUT2D eigenvalue weighted by atomic mass is 10.0. The van der Waals surface area contributed by atoms with E-state index < -0.39 is 5.97 Å². The highest BCUT2D eigenvalue weighted by molar-refractivity contribution is 5.86. The van der Waals surface area contributed by atoms with Crippen molar-refractivity contribution in [1.82, 2.24) is 4.57 Å². The van der Waals surface area contributed by atoms with Crippen LogP contribution in [0.2, 0.25) is 0 Å². The quantitative estimate of drug-likeness (QED) is 0.775. The summed E-state index contributed by atoms with van der Waals surface area (Å²) in [5.74, 6) is -0.829. The fraction of sp³-hybridized carbons (Fsp3) is 0.0625. The topological polar surface area (TPSA) is 42.2 Å². The number of hydrogen-bond acceptors (Lipinski definition) is 1. The SMILES string of the molecule is O=C(O)Cn1ccc2cc(-c3ccccc3)ccc21. The molecule has 0 spiro atoms. The molecule has 2 aromatic carbocycles. The van der Waals surface area contributed by atoms with E-state index >= 15 is 0 Å². The van der Waals surface area contributed by atoms with Crippen LogP contribution in [0.1, 0.15) is 0 Å². The Labute approximate surface area is 110 Å². The van der Waals surface area contributed by atoms with Crippen molar-refractivity contribution in [2.75, 3.05) is 0 Å². The van der Waals surface area contributed by atoms with Gasteiger partial charge in [-0.3, -0.25) is 4.79 Å². The number of hydrogen-bond donors (Lipinski definition) is 1. The highest BCUT2D eigenvalue weighted by atomic mass is 16.4. The number of aromatic nitrogens is 1. The minimum Gasteiger partial charge on any atom is -0.480 e. The first-order valence-electron chi connectivity index (χ1n) is 6.10. The first kappa shape index (κ1) is 11.5. The van der Waals surface area contributed by atoms with E-state index in [1.165, 1.54) is 0 Å². The average molecular weight is 251 g/mol. The molecule has 0 bridgehead atoms. The number of carboxylic acid groups (broad SMARTS) is 1. The van der Waals surface area contributed by atoms with Gasteiger partial charge < -0.3 is 9.67 Å². The van der Waals surface area contributed by atoms with Crippen molar-refractivity contribution in [2.45, 2.75) is 6.54 Å². The molecule has 0 unspecified atom stereocenters. The number of rotatable bonds is 3. The molecule has 0 radical (unpaired) electrons. The smallest absolute Gasteiger partial charge is 0.323 e. The van der Waals surface area contributed by atoms with Crippen LogP contribution in [0.4, 0.5) is 0 Å². The summed E-state index contributed by atoms with van der Waals surface area (Å²) in [6.45, 7) is -0.00577. The number of aliphatic carboxylic acids is 1. The predicted octanol–water partition coefficient (Wildman–Crippen LogP) is 3.39. The normalized spacial score (nSPS) is 10.7. The molecular formula is C16H13NO2. The van der Waals surface area contributed by atoms with E-state index in [1.54, 1.807) is 4.57 Å². The fourth-order valence-corrected chi connectivity index (χ4v) is 2.29. The molecule has 94 valence electrons. The number of benzene rings is 2. The number of carboxylic acids is 1. The largest absolute Gasteiger partial charge is 0.480 e. The van der Waals surface area contributed by atoms with Gasteiger partial charge in [-0.1, -0.05) is 36.4 Å². The molecule has 3 heteroatoms. The third kappa shape index (κ3) is 2.22. The summed E-state index contributed by atoms with van der Waals surface area (Å²) in [6, 6.07) is 18.2. The summed E-state index contributed by atoms with van der Waals surface area (Å²) < 4.78 is 1.74. The van der Waals surface area contributed by atoms with Gasteiger partial charge in [-0.2, -0.15) is 0 Å².